The molecule has 0 fully saturated rings. The van der Waals surface area contributed by atoms with E-state index in [1.54, 1.807) is 0 Å². The minimum atomic E-state index is -0.0348. The van der Waals surface area contributed by atoms with Crippen molar-refractivity contribution in [1.29, 1.82) is 0 Å². The van der Waals surface area contributed by atoms with E-state index in [1.807, 2.05) is 43.3 Å². The summed E-state index contributed by atoms with van der Waals surface area (Å²) < 4.78 is 0. The maximum atomic E-state index is 12.3. The summed E-state index contributed by atoms with van der Waals surface area (Å²) in [6.07, 6.45) is 0. The van der Waals surface area contributed by atoms with Crippen molar-refractivity contribution in [3.63, 3.8) is 0 Å². The van der Waals surface area contributed by atoms with Crippen molar-refractivity contribution < 1.29 is 4.79 Å². The Kier molecular flexibility index (Phi) is 5.46. The molecular weight excluding hydrogens is 308 g/mol. The van der Waals surface area contributed by atoms with Crippen molar-refractivity contribution in [3.8, 4) is 0 Å². The average Bonchev–Trinajstić information content (AvgIpc) is 2.66. The predicted molar refractivity (Wildman–Crippen MR) is 103 cm³/mol. The molecule has 0 radical (unpaired) electrons. The van der Waals surface area contributed by atoms with Crippen LogP contribution in [0.15, 0.2) is 72.8 Å². The van der Waals surface area contributed by atoms with Gasteiger partial charge in [-0.1, -0.05) is 72.8 Å². The Morgan fingerprint density at radius 1 is 0.840 bits per heavy atom. The van der Waals surface area contributed by atoms with Crippen molar-refractivity contribution in [2.24, 2.45) is 0 Å². The predicted octanol–water partition coefficient (Wildman–Crippen LogP) is 4.37. The lowest BCUT2D eigenvalue weighted by atomic mass is 10.00. The highest BCUT2D eigenvalue weighted by Gasteiger charge is 2.13. The molecule has 0 unspecified atom stereocenters. The number of hydrogen-bond acceptors (Lipinski definition) is 2. The highest BCUT2D eigenvalue weighted by molar-refractivity contribution is 5.87. The van der Waals surface area contributed by atoms with Gasteiger partial charge in [-0.15, -0.1) is 0 Å². The first-order chi connectivity index (χ1) is 12.1. The highest BCUT2D eigenvalue weighted by atomic mass is 16.1. The molecule has 3 heteroatoms. The van der Waals surface area contributed by atoms with Crippen LogP contribution < -0.4 is 10.6 Å². The van der Waals surface area contributed by atoms with E-state index in [1.165, 1.54) is 16.3 Å². The molecule has 128 valence electrons. The molecule has 3 aromatic rings. The van der Waals surface area contributed by atoms with Crippen LogP contribution in [0.4, 0.5) is 0 Å². The van der Waals surface area contributed by atoms with E-state index in [0.717, 1.165) is 5.56 Å². The fourth-order valence-corrected chi connectivity index (χ4v) is 3.10. The molecule has 1 amide bonds. The van der Waals surface area contributed by atoms with E-state index in [2.05, 4.69) is 54.0 Å². The van der Waals surface area contributed by atoms with E-state index >= 15 is 0 Å². The van der Waals surface area contributed by atoms with Gasteiger partial charge in [-0.25, -0.2) is 0 Å². The Balaban J connectivity index is 1.61. The second-order valence-electron chi connectivity index (χ2n) is 6.37. The van der Waals surface area contributed by atoms with Crippen LogP contribution in [0.5, 0.6) is 0 Å². The number of carbonyl (C=O) groups excluding carboxylic acids is 1. The molecule has 2 atom stereocenters. The minimum absolute atomic E-state index is 0.00298. The number of rotatable bonds is 6. The van der Waals surface area contributed by atoms with Gasteiger partial charge in [-0.3, -0.25) is 4.79 Å². The van der Waals surface area contributed by atoms with Crippen molar-refractivity contribution in [3.05, 3.63) is 83.9 Å². The SMILES string of the molecule is C[C@H](NC(=O)CN[C@H](C)c1ccccc1)c1cccc2ccccc12. The molecule has 0 aliphatic carbocycles. The van der Waals surface area contributed by atoms with Gasteiger partial charge in [0.1, 0.15) is 0 Å². The zero-order valence-corrected chi connectivity index (χ0v) is 14.7. The molecule has 3 rings (SSSR count). The van der Waals surface area contributed by atoms with E-state index < -0.39 is 0 Å². The van der Waals surface area contributed by atoms with Crippen LogP contribution in [0.2, 0.25) is 0 Å². The van der Waals surface area contributed by atoms with E-state index in [-0.39, 0.29) is 18.0 Å². The van der Waals surface area contributed by atoms with E-state index in [0.29, 0.717) is 6.54 Å². The average molecular weight is 332 g/mol. The van der Waals surface area contributed by atoms with Gasteiger partial charge >= 0.3 is 0 Å². The Morgan fingerprint density at radius 3 is 2.32 bits per heavy atom. The third-order valence-corrected chi connectivity index (χ3v) is 4.54. The van der Waals surface area contributed by atoms with Gasteiger partial charge in [0.15, 0.2) is 0 Å². The molecule has 2 N–H and O–H groups in total. The quantitative estimate of drug-likeness (QED) is 0.704. The van der Waals surface area contributed by atoms with Crippen molar-refractivity contribution >= 4 is 16.7 Å². The first-order valence-electron chi connectivity index (χ1n) is 8.70. The first kappa shape index (κ1) is 17.2. The van der Waals surface area contributed by atoms with Crippen molar-refractivity contribution in [1.82, 2.24) is 10.6 Å². The summed E-state index contributed by atoms with van der Waals surface area (Å²) in [7, 11) is 0. The molecule has 3 aromatic carbocycles. The lowest BCUT2D eigenvalue weighted by Gasteiger charge is -2.18. The Morgan fingerprint density at radius 2 is 1.52 bits per heavy atom. The maximum absolute atomic E-state index is 12.3. The number of carbonyl (C=O) groups is 1. The summed E-state index contributed by atoms with van der Waals surface area (Å²) in [4.78, 5) is 12.3. The van der Waals surface area contributed by atoms with Gasteiger partial charge in [0.05, 0.1) is 12.6 Å². The number of amides is 1. The van der Waals surface area contributed by atoms with Crippen LogP contribution in [0.3, 0.4) is 0 Å². The van der Waals surface area contributed by atoms with Crippen molar-refractivity contribution in [2.45, 2.75) is 25.9 Å². The zero-order valence-electron chi connectivity index (χ0n) is 14.7. The summed E-state index contributed by atoms with van der Waals surface area (Å²) in [5, 5.41) is 8.75. The summed E-state index contributed by atoms with van der Waals surface area (Å²) in [5.74, 6) is 0.00298. The fraction of sp³-hybridized carbons (Fsp3) is 0.227. The van der Waals surface area contributed by atoms with Crippen molar-refractivity contribution in [2.75, 3.05) is 6.54 Å². The molecule has 0 aliphatic heterocycles. The Hall–Kier alpha value is -2.65. The monoisotopic (exact) mass is 332 g/mol. The van der Waals surface area contributed by atoms with Gasteiger partial charge in [-0.2, -0.15) is 0 Å². The normalized spacial score (nSPS) is 13.4. The molecule has 0 saturated carbocycles. The van der Waals surface area contributed by atoms with Crippen LogP contribution >= 0.6 is 0 Å². The van der Waals surface area contributed by atoms with Crippen LogP contribution in [0.25, 0.3) is 10.8 Å². The topological polar surface area (TPSA) is 41.1 Å². The molecule has 0 saturated heterocycles. The molecular formula is C22H24N2O. The van der Waals surface area contributed by atoms with E-state index in [4.69, 9.17) is 0 Å². The second-order valence-corrected chi connectivity index (χ2v) is 6.37. The van der Waals surface area contributed by atoms with Gasteiger partial charge in [0.2, 0.25) is 5.91 Å². The second kappa shape index (κ2) is 7.95. The zero-order chi connectivity index (χ0) is 17.6. The van der Waals surface area contributed by atoms with Gasteiger partial charge in [-0.05, 0) is 35.7 Å². The van der Waals surface area contributed by atoms with Crippen LogP contribution in [0, 0.1) is 0 Å². The smallest absolute Gasteiger partial charge is 0.234 e. The van der Waals surface area contributed by atoms with Crippen LogP contribution in [-0.4, -0.2) is 12.5 Å². The Bertz CT molecular complexity index is 840. The maximum Gasteiger partial charge on any atom is 0.234 e. The van der Waals surface area contributed by atoms with Crippen LogP contribution in [-0.2, 0) is 4.79 Å². The summed E-state index contributed by atoms with van der Waals surface area (Å²) in [5.41, 5.74) is 2.32. The largest absolute Gasteiger partial charge is 0.348 e. The number of hydrogen-bond donors (Lipinski definition) is 2. The molecule has 0 spiro atoms. The molecule has 0 aliphatic rings. The standard InChI is InChI=1S/C22H24N2O/c1-16(18-9-4-3-5-10-18)23-15-22(25)24-17(2)20-14-8-12-19-11-6-7-13-21(19)20/h3-14,16-17,23H,15H2,1-2H3,(H,24,25)/t16-,17+/m1/s1. The number of nitrogens with one attached hydrogen (secondary N) is 2. The third kappa shape index (κ3) is 4.25. The Labute approximate surface area is 149 Å². The third-order valence-electron chi connectivity index (χ3n) is 4.54. The minimum Gasteiger partial charge on any atom is -0.348 e. The summed E-state index contributed by atoms with van der Waals surface area (Å²) in [6.45, 7) is 4.39. The van der Waals surface area contributed by atoms with Gasteiger partial charge in [0, 0.05) is 6.04 Å². The highest BCUT2D eigenvalue weighted by Crippen LogP contribution is 2.23. The van der Waals surface area contributed by atoms with Gasteiger partial charge < -0.3 is 10.6 Å². The fourth-order valence-electron chi connectivity index (χ4n) is 3.10. The van der Waals surface area contributed by atoms with Crippen LogP contribution in [0.1, 0.15) is 37.1 Å². The lowest BCUT2D eigenvalue weighted by molar-refractivity contribution is -0.121. The number of benzene rings is 3. The molecule has 0 bridgehead atoms. The summed E-state index contributed by atoms with van der Waals surface area (Å²) >= 11 is 0. The molecule has 0 aromatic heterocycles. The lowest BCUT2D eigenvalue weighted by Crippen LogP contribution is -2.36. The molecule has 25 heavy (non-hydrogen) atoms. The van der Waals surface area contributed by atoms with E-state index in [9.17, 15) is 4.79 Å². The van der Waals surface area contributed by atoms with Gasteiger partial charge in [0.25, 0.3) is 0 Å². The number of fused-ring (bicyclic) bond motifs is 1. The first-order valence-corrected chi connectivity index (χ1v) is 8.70. The molecule has 0 heterocycles. The summed E-state index contributed by atoms with van der Waals surface area (Å²) in [6, 6.07) is 24.7. The molecule has 3 nitrogen and oxygen atoms in total.